The van der Waals surface area contributed by atoms with Gasteiger partial charge >= 0.3 is 5.97 Å². The van der Waals surface area contributed by atoms with E-state index < -0.39 is 17.4 Å². The largest absolute Gasteiger partial charge is 0.480 e. The second-order valence-electron chi connectivity index (χ2n) is 5.41. The van der Waals surface area contributed by atoms with Crippen molar-refractivity contribution in [2.24, 2.45) is 0 Å². The molecule has 1 amide bonds. The number of carbonyl (C=O) groups is 2. The SMILES string of the molecule is CCC(C)(NC(=O)c1nc(C)n(-c2c(Cl)cccc2Cl)n1)C(=O)O. The molecule has 1 heterocycles. The van der Waals surface area contributed by atoms with Crippen LogP contribution in [-0.4, -0.2) is 37.3 Å². The molecule has 128 valence electrons. The minimum absolute atomic E-state index is 0.163. The number of carboxylic acid groups (broad SMARTS) is 1. The van der Waals surface area contributed by atoms with Crippen molar-refractivity contribution in [1.82, 2.24) is 20.1 Å². The number of rotatable bonds is 5. The predicted molar refractivity (Wildman–Crippen MR) is 89.9 cm³/mol. The summed E-state index contributed by atoms with van der Waals surface area (Å²) in [6.45, 7) is 4.72. The summed E-state index contributed by atoms with van der Waals surface area (Å²) >= 11 is 12.3. The topological polar surface area (TPSA) is 97.1 Å². The van der Waals surface area contributed by atoms with Crippen LogP contribution >= 0.6 is 23.2 Å². The number of aryl methyl sites for hydroxylation is 1. The summed E-state index contributed by atoms with van der Waals surface area (Å²) in [5.74, 6) is -1.59. The van der Waals surface area contributed by atoms with Crippen molar-refractivity contribution in [3.8, 4) is 5.69 Å². The molecule has 1 atom stereocenters. The smallest absolute Gasteiger partial charge is 0.329 e. The number of hydrogen-bond acceptors (Lipinski definition) is 4. The van der Waals surface area contributed by atoms with Gasteiger partial charge in [0.15, 0.2) is 0 Å². The van der Waals surface area contributed by atoms with Gasteiger partial charge in [-0.2, -0.15) is 0 Å². The summed E-state index contributed by atoms with van der Waals surface area (Å²) in [4.78, 5) is 27.7. The number of carbonyl (C=O) groups excluding carboxylic acids is 1. The average Bonchev–Trinajstić information content (AvgIpc) is 2.89. The minimum Gasteiger partial charge on any atom is -0.480 e. The maximum absolute atomic E-state index is 12.3. The van der Waals surface area contributed by atoms with Crippen LogP contribution in [0.25, 0.3) is 5.69 Å². The van der Waals surface area contributed by atoms with Crippen molar-refractivity contribution >= 4 is 35.1 Å². The van der Waals surface area contributed by atoms with E-state index in [9.17, 15) is 14.7 Å². The van der Waals surface area contributed by atoms with E-state index in [2.05, 4.69) is 15.4 Å². The third-order valence-electron chi connectivity index (χ3n) is 3.69. The number of halogens is 2. The molecular weight excluding hydrogens is 355 g/mol. The Balaban J connectivity index is 2.39. The van der Waals surface area contributed by atoms with Crippen LogP contribution in [0.1, 0.15) is 36.7 Å². The lowest BCUT2D eigenvalue weighted by Gasteiger charge is -2.23. The molecule has 2 aromatic rings. The number of para-hydroxylation sites is 1. The van der Waals surface area contributed by atoms with E-state index in [0.29, 0.717) is 21.6 Å². The lowest BCUT2D eigenvalue weighted by molar-refractivity contribution is -0.143. The lowest BCUT2D eigenvalue weighted by Crippen LogP contribution is -2.52. The number of carboxylic acids is 1. The molecule has 0 fully saturated rings. The Morgan fingerprint density at radius 1 is 1.33 bits per heavy atom. The number of nitrogens with one attached hydrogen (secondary N) is 1. The number of aliphatic carboxylic acids is 1. The molecule has 0 bridgehead atoms. The summed E-state index contributed by atoms with van der Waals surface area (Å²) in [7, 11) is 0. The fourth-order valence-corrected chi connectivity index (χ4v) is 2.55. The molecule has 0 radical (unpaired) electrons. The van der Waals surface area contributed by atoms with Crippen molar-refractivity contribution in [2.45, 2.75) is 32.7 Å². The highest BCUT2D eigenvalue weighted by Crippen LogP contribution is 2.28. The van der Waals surface area contributed by atoms with E-state index >= 15 is 0 Å². The summed E-state index contributed by atoms with van der Waals surface area (Å²) in [5, 5.41) is 16.5. The summed E-state index contributed by atoms with van der Waals surface area (Å²) in [5.41, 5.74) is -1.00. The number of hydrogen-bond donors (Lipinski definition) is 2. The highest BCUT2D eigenvalue weighted by Gasteiger charge is 2.34. The van der Waals surface area contributed by atoms with Crippen molar-refractivity contribution in [2.75, 3.05) is 0 Å². The zero-order valence-electron chi connectivity index (χ0n) is 13.3. The van der Waals surface area contributed by atoms with E-state index in [-0.39, 0.29) is 12.2 Å². The molecule has 0 saturated carbocycles. The predicted octanol–water partition coefficient (Wildman–Crippen LogP) is 2.87. The van der Waals surface area contributed by atoms with Gasteiger partial charge in [-0.05, 0) is 32.4 Å². The molecule has 0 aliphatic rings. The monoisotopic (exact) mass is 370 g/mol. The highest BCUT2D eigenvalue weighted by atomic mass is 35.5. The molecule has 0 saturated heterocycles. The summed E-state index contributed by atoms with van der Waals surface area (Å²) in [6, 6.07) is 4.97. The molecular formula is C15H16Cl2N4O3. The molecule has 9 heteroatoms. The first-order valence-corrected chi connectivity index (χ1v) is 7.89. The van der Waals surface area contributed by atoms with Crippen LogP contribution in [-0.2, 0) is 4.79 Å². The number of benzene rings is 1. The van der Waals surface area contributed by atoms with Gasteiger partial charge in [-0.3, -0.25) is 4.79 Å². The van der Waals surface area contributed by atoms with Gasteiger partial charge in [0, 0.05) is 0 Å². The second kappa shape index (κ2) is 6.78. The Bertz CT molecular complexity index is 786. The standard InChI is InChI=1S/C15H16Cl2N4O3/c1-4-15(3,14(23)24)19-13(22)12-18-8(2)21(20-12)11-9(16)6-5-7-10(11)17/h5-7H,4H2,1-3H3,(H,19,22)(H,23,24). The Hall–Kier alpha value is -2.12. The Kier molecular flexibility index (Phi) is 5.15. The Morgan fingerprint density at radius 2 is 1.92 bits per heavy atom. The first-order valence-electron chi connectivity index (χ1n) is 7.13. The third kappa shape index (κ3) is 3.37. The molecule has 0 spiro atoms. The first kappa shape index (κ1) is 18.2. The van der Waals surface area contributed by atoms with Crippen LogP contribution in [0.2, 0.25) is 10.0 Å². The third-order valence-corrected chi connectivity index (χ3v) is 4.30. The van der Waals surface area contributed by atoms with Crippen LogP contribution in [0.4, 0.5) is 0 Å². The van der Waals surface area contributed by atoms with Crippen LogP contribution in [0, 0.1) is 6.92 Å². The molecule has 7 nitrogen and oxygen atoms in total. The quantitative estimate of drug-likeness (QED) is 0.843. The highest BCUT2D eigenvalue weighted by molar-refractivity contribution is 6.37. The van der Waals surface area contributed by atoms with Crippen molar-refractivity contribution in [3.05, 3.63) is 39.9 Å². The van der Waals surface area contributed by atoms with Crippen molar-refractivity contribution < 1.29 is 14.7 Å². The Labute approximate surface area is 148 Å². The number of nitrogens with zero attached hydrogens (tertiary/aromatic N) is 3. The van der Waals surface area contributed by atoms with Gasteiger partial charge < -0.3 is 10.4 Å². The van der Waals surface area contributed by atoms with Gasteiger partial charge in [0.2, 0.25) is 5.82 Å². The van der Waals surface area contributed by atoms with Gasteiger partial charge in [0.25, 0.3) is 5.91 Å². The fraction of sp³-hybridized carbons (Fsp3) is 0.333. The Morgan fingerprint density at radius 3 is 2.42 bits per heavy atom. The zero-order chi connectivity index (χ0) is 18.1. The summed E-state index contributed by atoms with van der Waals surface area (Å²) in [6.07, 6.45) is 0.212. The van der Waals surface area contributed by atoms with E-state index in [1.807, 2.05) is 0 Å². The maximum Gasteiger partial charge on any atom is 0.329 e. The van der Waals surface area contributed by atoms with E-state index in [1.165, 1.54) is 11.6 Å². The molecule has 0 aliphatic carbocycles. The number of amides is 1. The van der Waals surface area contributed by atoms with Gasteiger partial charge in [0.1, 0.15) is 17.1 Å². The van der Waals surface area contributed by atoms with Crippen LogP contribution < -0.4 is 5.32 Å². The van der Waals surface area contributed by atoms with E-state index in [0.717, 1.165) is 0 Å². The molecule has 0 aliphatic heterocycles. The lowest BCUT2D eigenvalue weighted by atomic mass is 9.99. The normalized spacial score (nSPS) is 13.4. The van der Waals surface area contributed by atoms with Gasteiger partial charge in [-0.15, -0.1) is 5.10 Å². The number of aromatic nitrogens is 3. The van der Waals surface area contributed by atoms with Crippen molar-refractivity contribution in [3.63, 3.8) is 0 Å². The molecule has 1 aromatic carbocycles. The second-order valence-corrected chi connectivity index (χ2v) is 6.22. The van der Waals surface area contributed by atoms with Crippen molar-refractivity contribution in [1.29, 1.82) is 0 Å². The van der Waals surface area contributed by atoms with Gasteiger partial charge in [-0.25, -0.2) is 14.5 Å². The van der Waals surface area contributed by atoms with Crippen LogP contribution in [0.5, 0.6) is 0 Å². The average molecular weight is 371 g/mol. The van der Waals surface area contributed by atoms with Crippen LogP contribution in [0.3, 0.4) is 0 Å². The van der Waals surface area contributed by atoms with Gasteiger partial charge in [-0.1, -0.05) is 36.2 Å². The summed E-state index contributed by atoms with van der Waals surface area (Å²) < 4.78 is 1.35. The molecule has 24 heavy (non-hydrogen) atoms. The first-order chi connectivity index (χ1) is 11.2. The molecule has 2 N–H and O–H groups in total. The van der Waals surface area contributed by atoms with Gasteiger partial charge in [0.05, 0.1) is 10.0 Å². The molecule has 2 rings (SSSR count). The maximum atomic E-state index is 12.3. The molecule has 1 unspecified atom stereocenters. The molecule has 1 aromatic heterocycles. The van der Waals surface area contributed by atoms with E-state index in [1.54, 1.807) is 32.0 Å². The van der Waals surface area contributed by atoms with Crippen LogP contribution in [0.15, 0.2) is 18.2 Å². The zero-order valence-corrected chi connectivity index (χ0v) is 14.8. The fourth-order valence-electron chi connectivity index (χ4n) is 1.99. The minimum atomic E-state index is -1.40. The van der Waals surface area contributed by atoms with E-state index in [4.69, 9.17) is 23.2 Å².